The molecule has 3 aliphatic rings. The lowest BCUT2D eigenvalue weighted by atomic mass is 9.85. The first-order valence-electron chi connectivity index (χ1n) is 19.2. The van der Waals surface area contributed by atoms with Crippen molar-refractivity contribution in [2.45, 2.75) is 89.9 Å². The van der Waals surface area contributed by atoms with Gasteiger partial charge in [0.05, 0.1) is 36.8 Å². The lowest BCUT2D eigenvalue weighted by Crippen LogP contribution is -2.38. The van der Waals surface area contributed by atoms with Crippen LogP contribution in [-0.2, 0) is 16.7 Å². The Kier molecular flexibility index (Phi) is 10.0. The Hall–Kier alpha value is -5.01. The number of nitrogens with one attached hydrogen (secondary N) is 2. The van der Waals surface area contributed by atoms with Crippen LogP contribution in [0, 0.1) is 5.82 Å². The second-order valence-corrected chi connectivity index (χ2v) is 15.9. The first-order valence-corrected chi connectivity index (χ1v) is 19.2. The number of hydrogen-bond donors (Lipinski definition) is 2. The van der Waals surface area contributed by atoms with E-state index in [9.17, 15) is 4.79 Å². The van der Waals surface area contributed by atoms with Crippen molar-refractivity contribution >= 4 is 23.4 Å². The summed E-state index contributed by atoms with van der Waals surface area (Å²) in [7, 11) is 0. The van der Waals surface area contributed by atoms with Gasteiger partial charge in [0.25, 0.3) is 0 Å². The van der Waals surface area contributed by atoms with Crippen molar-refractivity contribution in [2.24, 2.45) is 0 Å². The minimum atomic E-state index is -0.363. The number of fused-ring (bicyclic) bond motifs is 2. The molecule has 54 heavy (non-hydrogen) atoms. The Morgan fingerprint density at radius 3 is 2.57 bits per heavy atom. The number of piperidine rings is 1. The molecule has 2 aliphatic heterocycles. The van der Waals surface area contributed by atoms with Gasteiger partial charge in [0.15, 0.2) is 5.65 Å². The molecule has 2 fully saturated rings. The molecule has 5 heterocycles. The summed E-state index contributed by atoms with van der Waals surface area (Å²) < 4.78 is 30.9. The minimum Gasteiger partial charge on any atom is -0.484 e. The fourth-order valence-electron chi connectivity index (χ4n) is 7.92. The van der Waals surface area contributed by atoms with Crippen LogP contribution in [0.3, 0.4) is 0 Å². The first kappa shape index (κ1) is 36.0. The molecule has 0 saturated carbocycles. The van der Waals surface area contributed by atoms with E-state index in [0.717, 1.165) is 72.2 Å². The summed E-state index contributed by atoms with van der Waals surface area (Å²) in [5.41, 5.74) is 4.71. The average Bonchev–Trinajstić information content (AvgIpc) is 3.78. The van der Waals surface area contributed by atoms with Crippen molar-refractivity contribution in [1.82, 2.24) is 34.6 Å². The van der Waals surface area contributed by atoms with Crippen LogP contribution in [-0.4, -0.2) is 74.2 Å². The Morgan fingerprint density at radius 1 is 0.963 bits per heavy atom. The first-order chi connectivity index (χ1) is 26.1. The maximum Gasteiger partial charge on any atom is 0.320 e. The average molecular weight is 736 g/mol. The number of rotatable bonds is 8. The Labute approximate surface area is 315 Å². The summed E-state index contributed by atoms with van der Waals surface area (Å²) in [6.07, 6.45) is 6.71. The summed E-state index contributed by atoms with van der Waals surface area (Å²) in [4.78, 5) is 18.4. The highest BCUT2D eigenvalue weighted by Crippen LogP contribution is 2.39. The van der Waals surface area contributed by atoms with Crippen LogP contribution in [0.2, 0.25) is 0 Å². The van der Waals surface area contributed by atoms with Crippen LogP contribution in [0.5, 0.6) is 5.75 Å². The molecule has 2 amide bonds. The zero-order valence-corrected chi connectivity index (χ0v) is 31.6. The molecule has 0 bridgehead atoms. The predicted molar refractivity (Wildman–Crippen MR) is 206 cm³/mol. The molecule has 1 aliphatic carbocycles. The molecule has 284 valence electrons. The number of urea groups is 1. The number of aromatic nitrogens is 5. The zero-order valence-electron chi connectivity index (χ0n) is 31.6. The number of anilines is 2. The maximum atomic E-state index is 15.1. The SMILES string of the molecule is CC1CCCCN1c1nnc2ccc(O[C@@H]3CC[C@H](NC(=O)Nc4cc(C(C)(C)C)nn4-c4cc(F)cc(CN5CCOCC5)c4)c4ccccc43)cn12. The number of nitrogens with zero attached hydrogens (tertiary/aromatic N) is 7. The number of carbonyl (C=O) groups is 1. The van der Waals surface area contributed by atoms with Gasteiger partial charge in [-0.15, -0.1) is 10.2 Å². The summed E-state index contributed by atoms with van der Waals surface area (Å²) >= 11 is 0. The molecule has 2 N–H and O–H groups in total. The lowest BCUT2D eigenvalue weighted by molar-refractivity contribution is 0.0341. The van der Waals surface area contributed by atoms with Crippen LogP contribution in [0.4, 0.5) is 21.0 Å². The molecular weight excluding hydrogens is 686 g/mol. The van der Waals surface area contributed by atoms with E-state index in [2.05, 4.69) is 70.5 Å². The monoisotopic (exact) mass is 735 g/mol. The fraction of sp³-hybridized carbons (Fsp3) is 0.463. The van der Waals surface area contributed by atoms with Crippen molar-refractivity contribution in [2.75, 3.05) is 43.1 Å². The van der Waals surface area contributed by atoms with Gasteiger partial charge in [0.2, 0.25) is 5.95 Å². The van der Waals surface area contributed by atoms with Gasteiger partial charge < -0.3 is 19.7 Å². The number of halogens is 1. The van der Waals surface area contributed by atoms with E-state index in [1.807, 2.05) is 47.0 Å². The third kappa shape index (κ3) is 7.65. The van der Waals surface area contributed by atoms with E-state index >= 15 is 4.39 Å². The second kappa shape index (κ2) is 15.0. The smallest absolute Gasteiger partial charge is 0.320 e. The molecule has 2 aromatic carbocycles. The maximum absolute atomic E-state index is 15.1. The van der Waals surface area contributed by atoms with Crippen LogP contribution >= 0.6 is 0 Å². The fourth-order valence-corrected chi connectivity index (χ4v) is 7.92. The van der Waals surface area contributed by atoms with E-state index in [0.29, 0.717) is 50.1 Å². The van der Waals surface area contributed by atoms with Crippen LogP contribution in [0.15, 0.2) is 66.9 Å². The Balaban J connectivity index is 0.997. The van der Waals surface area contributed by atoms with Gasteiger partial charge >= 0.3 is 6.03 Å². The second-order valence-electron chi connectivity index (χ2n) is 15.9. The summed E-state index contributed by atoms with van der Waals surface area (Å²) in [5.74, 6) is 1.70. The topological polar surface area (TPSA) is 114 Å². The van der Waals surface area contributed by atoms with E-state index in [-0.39, 0.29) is 29.4 Å². The Morgan fingerprint density at radius 2 is 1.78 bits per heavy atom. The zero-order chi connectivity index (χ0) is 37.4. The number of carbonyl (C=O) groups excluding carboxylic acids is 1. The molecule has 0 radical (unpaired) electrons. The molecule has 1 unspecified atom stereocenters. The molecule has 8 rings (SSSR count). The summed E-state index contributed by atoms with van der Waals surface area (Å²) in [5, 5.41) is 20.1. The van der Waals surface area contributed by atoms with Gasteiger partial charge in [-0.2, -0.15) is 5.10 Å². The molecule has 2 saturated heterocycles. The molecule has 0 spiro atoms. The molecule has 3 atom stereocenters. The molecular formula is C41H50FN9O3. The third-order valence-corrected chi connectivity index (χ3v) is 10.9. The van der Waals surface area contributed by atoms with Crippen LogP contribution in [0.1, 0.15) is 94.3 Å². The van der Waals surface area contributed by atoms with Crippen molar-refractivity contribution in [3.8, 4) is 11.4 Å². The van der Waals surface area contributed by atoms with Gasteiger partial charge in [-0.05, 0) is 86.1 Å². The van der Waals surface area contributed by atoms with Crippen molar-refractivity contribution in [1.29, 1.82) is 0 Å². The highest BCUT2D eigenvalue weighted by Gasteiger charge is 2.31. The van der Waals surface area contributed by atoms with Gasteiger partial charge in [0.1, 0.15) is 23.5 Å². The highest BCUT2D eigenvalue weighted by molar-refractivity contribution is 5.89. The molecule has 12 nitrogen and oxygen atoms in total. The van der Waals surface area contributed by atoms with E-state index < -0.39 is 0 Å². The largest absolute Gasteiger partial charge is 0.484 e. The van der Waals surface area contributed by atoms with E-state index in [1.54, 1.807) is 10.7 Å². The lowest BCUT2D eigenvalue weighted by Gasteiger charge is -2.33. The number of benzene rings is 2. The number of ether oxygens (including phenoxy) is 2. The van der Waals surface area contributed by atoms with Crippen molar-refractivity contribution in [3.63, 3.8) is 0 Å². The predicted octanol–water partition coefficient (Wildman–Crippen LogP) is 7.34. The highest BCUT2D eigenvalue weighted by atomic mass is 19.1. The normalized spacial score (nSPS) is 20.8. The molecule has 5 aromatic rings. The van der Waals surface area contributed by atoms with E-state index in [4.69, 9.17) is 14.6 Å². The van der Waals surface area contributed by atoms with Crippen LogP contribution < -0.4 is 20.3 Å². The van der Waals surface area contributed by atoms with Gasteiger partial charge in [-0.3, -0.25) is 14.6 Å². The van der Waals surface area contributed by atoms with Crippen molar-refractivity contribution in [3.05, 3.63) is 95.1 Å². The van der Waals surface area contributed by atoms with Crippen LogP contribution in [0.25, 0.3) is 11.3 Å². The minimum absolute atomic E-state index is 0.191. The number of morpholine rings is 1. The molecule has 13 heteroatoms. The standard InChI is InChI=1S/C41H50FN9O3/c1-27-9-7-8-16-49(27)40-46-45-37-15-12-31(26-50(37)40)54-35-14-13-34(32-10-5-6-11-33(32)35)43-39(52)44-38-24-36(41(2,3)4)47-51(38)30-22-28(21-29(42)23-30)25-48-17-19-53-20-18-48/h5-6,10-12,15,21-24,26-27,34-35H,7-9,13-14,16-20,25H2,1-4H3,(H2,43,44,52)/t27?,34-,35+/m0/s1. The Bertz CT molecular complexity index is 2120. The molecule has 3 aromatic heterocycles. The van der Waals surface area contributed by atoms with E-state index in [1.165, 1.54) is 12.5 Å². The van der Waals surface area contributed by atoms with Gasteiger partial charge in [0, 0.05) is 43.7 Å². The van der Waals surface area contributed by atoms with Gasteiger partial charge in [-0.25, -0.2) is 13.9 Å². The quantitative estimate of drug-likeness (QED) is 0.170. The summed E-state index contributed by atoms with van der Waals surface area (Å²) in [6, 6.07) is 18.7. The third-order valence-electron chi connectivity index (χ3n) is 10.9. The van der Waals surface area contributed by atoms with Gasteiger partial charge in [-0.1, -0.05) is 45.0 Å². The van der Waals surface area contributed by atoms with Crippen molar-refractivity contribution < 1.29 is 18.7 Å². The number of hydrogen-bond acceptors (Lipinski definition) is 8. The number of pyridine rings is 1. The summed E-state index contributed by atoms with van der Waals surface area (Å²) in [6.45, 7) is 12.9. The number of amides is 2.